The third-order valence-electron chi connectivity index (χ3n) is 3.94. The third kappa shape index (κ3) is 4.17. The van der Waals surface area contributed by atoms with Crippen LogP contribution >= 0.6 is 0 Å². The van der Waals surface area contributed by atoms with Gasteiger partial charge in [0, 0.05) is 17.0 Å². The van der Waals surface area contributed by atoms with E-state index in [9.17, 15) is 13.6 Å². The second-order valence-electron chi connectivity index (χ2n) is 5.67. The number of hydrogen-bond acceptors (Lipinski definition) is 3. The summed E-state index contributed by atoms with van der Waals surface area (Å²) in [5.74, 6) is -1.05. The van der Waals surface area contributed by atoms with Crippen LogP contribution in [0.5, 0.6) is 0 Å². The van der Waals surface area contributed by atoms with Crippen molar-refractivity contribution in [3.8, 4) is 11.1 Å². The van der Waals surface area contributed by atoms with E-state index in [0.29, 0.717) is 11.3 Å². The molecule has 26 heavy (non-hydrogen) atoms. The lowest BCUT2D eigenvalue weighted by Gasteiger charge is -2.26. The average Bonchev–Trinajstić information content (AvgIpc) is 2.67. The van der Waals surface area contributed by atoms with E-state index in [-0.39, 0.29) is 12.1 Å². The molecule has 5 nitrogen and oxygen atoms in total. The van der Waals surface area contributed by atoms with Crippen LogP contribution in [0.1, 0.15) is 15.9 Å². The Morgan fingerprint density at radius 1 is 0.923 bits per heavy atom. The number of carboxylic acid groups (broad SMARTS) is 1. The molecular formula is C20H16NO4S-. The van der Waals surface area contributed by atoms with Crippen LogP contribution in [-0.2, 0) is 17.8 Å². The second kappa shape index (κ2) is 7.95. The zero-order valence-electron chi connectivity index (χ0n) is 13.7. The molecule has 0 heterocycles. The summed E-state index contributed by atoms with van der Waals surface area (Å²) in [4.78, 5) is 11.1. The number of anilines is 1. The first-order chi connectivity index (χ1) is 12.5. The molecule has 0 radical (unpaired) electrons. The summed E-state index contributed by atoms with van der Waals surface area (Å²) in [7, 11) is 0. The molecule has 0 bridgehead atoms. The van der Waals surface area contributed by atoms with Crippen LogP contribution in [0.3, 0.4) is 0 Å². The summed E-state index contributed by atoms with van der Waals surface area (Å²) in [6.45, 7) is 0.0575. The van der Waals surface area contributed by atoms with E-state index in [1.54, 1.807) is 24.3 Å². The van der Waals surface area contributed by atoms with Crippen molar-refractivity contribution in [2.45, 2.75) is 6.54 Å². The van der Waals surface area contributed by atoms with Gasteiger partial charge in [-0.1, -0.05) is 54.6 Å². The van der Waals surface area contributed by atoms with Crippen molar-refractivity contribution in [3.05, 3.63) is 90.0 Å². The molecule has 6 heteroatoms. The summed E-state index contributed by atoms with van der Waals surface area (Å²) in [5.41, 5.74) is 3.26. The summed E-state index contributed by atoms with van der Waals surface area (Å²) < 4.78 is 24.6. The molecule has 0 saturated heterocycles. The average molecular weight is 366 g/mol. The van der Waals surface area contributed by atoms with Crippen LogP contribution in [0.2, 0.25) is 0 Å². The van der Waals surface area contributed by atoms with Gasteiger partial charge >= 0.3 is 5.97 Å². The minimum Gasteiger partial charge on any atom is -0.755 e. The van der Waals surface area contributed by atoms with Gasteiger partial charge in [-0.25, -0.2) is 4.79 Å². The van der Waals surface area contributed by atoms with Crippen LogP contribution < -0.4 is 4.31 Å². The Morgan fingerprint density at radius 2 is 1.58 bits per heavy atom. The van der Waals surface area contributed by atoms with Gasteiger partial charge in [0.1, 0.15) is 0 Å². The van der Waals surface area contributed by atoms with E-state index in [1.165, 1.54) is 16.4 Å². The highest BCUT2D eigenvalue weighted by atomic mass is 32.2. The van der Waals surface area contributed by atoms with Crippen molar-refractivity contribution in [2.75, 3.05) is 4.31 Å². The van der Waals surface area contributed by atoms with Crippen molar-refractivity contribution in [1.29, 1.82) is 0 Å². The lowest BCUT2D eigenvalue weighted by Crippen LogP contribution is -2.24. The lowest BCUT2D eigenvalue weighted by molar-refractivity contribution is 0.0696. The molecule has 3 aromatic carbocycles. The predicted molar refractivity (Wildman–Crippen MR) is 100 cm³/mol. The van der Waals surface area contributed by atoms with E-state index in [1.807, 2.05) is 42.5 Å². The predicted octanol–water partition coefficient (Wildman–Crippen LogP) is 3.85. The second-order valence-corrected chi connectivity index (χ2v) is 6.55. The standard InChI is InChI=1S/C20H17NO4S/c22-20(23)18-8-4-5-15(13-18)14-21(26(24)25)19-11-9-17(10-12-19)16-6-2-1-3-7-16/h1-13H,14H2,(H,22,23)(H,24,25)/p-1. The van der Waals surface area contributed by atoms with Gasteiger partial charge in [-0.3, -0.25) is 8.51 Å². The Balaban J connectivity index is 1.85. The van der Waals surface area contributed by atoms with Crippen LogP contribution in [-0.4, -0.2) is 19.8 Å². The minimum absolute atomic E-state index is 0.0575. The molecule has 0 saturated carbocycles. The quantitative estimate of drug-likeness (QED) is 0.672. The zero-order chi connectivity index (χ0) is 18.5. The van der Waals surface area contributed by atoms with Crippen LogP contribution in [0, 0.1) is 0 Å². The number of aromatic carboxylic acids is 1. The van der Waals surface area contributed by atoms with E-state index in [2.05, 4.69) is 0 Å². The lowest BCUT2D eigenvalue weighted by atomic mass is 10.1. The number of rotatable bonds is 6. The highest BCUT2D eigenvalue weighted by molar-refractivity contribution is 7.80. The summed E-state index contributed by atoms with van der Waals surface area (Å²) in [6.07, 6.45) is 0. The van der Waals surface area contributed by atoms with Gasteiger partial charge in [0.05, 0.1) is 12.1 Å². The van der Waals surface area contributed by atoms with Crippen LogP contribution in [0.15, 0.2) is 78.9 Å². The van der Waals surface area contributed by atoms with Gasteiger partial charge in [-0.2, -0.15) is 0 Å². The topological polar surface area (TPSA) is 80.7 Å². The number of benzene rings is 3. The van der Waals surface area contributed by atoms with E-state index in [4.69, 9.17) is 5.11 Å². The molecule has 0 aliphatic carbocycles. The smallest absolute Gasteiger partial charge is 0.335 e. The molecule has 0 amide bonds. The first-order valence-corrected chi connectivity index (χ1v) is 8.92. The van der Waals surface area contributed by atoms with Crippen LogP contribution in [0.25, 0.3) is 11.1 Å². The molecule has 0 spiro atoms. The zero-order valence-corrected chi connectivity index (χ0v) is 14.6. The number of hydrogen-bond donors (Lipinski definition) is 1. The molecule has 0 fully saturated rings. The van der Waals surface area contributed by atoms with Gasteiger partial charge in [-0.15, -0.1) is 0 Å². The van der Waals surface area contributed by atoms with Gasteiger partial charge in [0.25, 0.3) is 0 Å². The van der Waals surface area contributed by atoms with Gasteiger partial charge in [-0.05, 0) is 41.0 Å². The van der Waals surface area contributed by atoms with Crippen molar-refractivity contribution >= 4 is 22.9 Å². The van der Waals surface area contributed by atoms with Gasteiger partial charge < -0.3 is 9.66 Å². The fourth-order valence-corrected chi connectivity index (χ4v) is 3.20. The fourth-order valence-electron chi connectivity index (χ4n) is 2.65. The Labute approximate surface area is 154 Å². The highest BCUT2D eigenvalue weighted by Crippen LogP contribution is 2.25. The molecule has 1 atom stereocenters. The maximum atomic E-state index is 11.7. The van der Waals surface area contributed by atoms with Gasteiger partial charge in [0.15, 0.2) is 0 Å². The monoisotopic (exact) mass is 366 g/mol. The molecule has 0 aromatic heterocycles. The fraction of sp³-hybridized carbons (Fsp3) is 0.0500. The summed E-state index contributed by atoms with van der Waals surface area (Å²) >= 11 is -2.49. The van der Waals surface area contributed by atoms with Crippen molar-refractivity contribution in [3.63, 3.8) is 0 Å². The summed E-state index contributed by atoms with van der Waals surface area (Å²) in [5, 5.41) is 9.07. The molecule has 1 unspecified atom stereocenters. The molecule has 3 aromatic rings. The van der Waals surface area contributed by atoms with E-state index >= 15 is 0 Å². The van der Waals surface area contributed by atoms with Crippen LogP contribution in [0.4, 0.5) is 5.69 Å². The maximum absolute atomic E-state index is 11.7. The SMILES string of the molecule is O=C(O)c1cccc(CN(c2ccc(-c3ccccc3)cc2)S(=O)[O-])c1. The molecule has 0 aliphatic heterocycles. The molecule has 0 aliphatic rings. The summed E-state index contributed by atoms with van der Waals surface area (Å²) in [6, 6.07) is 23.2. The first kappa shape index (κ1) is 17.8. The van der Waals surface area contributed by atoms with E-state index < -0.39 is 17.2 Å². The Kier molecular flexibility index (Phi) is 5.46. The number of carboxylic acids is 1. The first-order valence-electron chi connectivity index (χ1n) is 7.89. The third-order valence-corrected chi connectivity index (χ3v) is 4.64. The normalized spacial score (nSPS) is 11.7. The van der Waals surface area contributed by atoms with Crippen molar-refractivity contribution in [2.24, 2.45) is 0 Å². The number of nitrogens with zero attached hydrogens (tertiary/aromatic N) is 1. The largest absolute Gasteiger partial charge is 0.755 e. The maximum Gasteiger partial charge on any atom is 0.335 e. The highest BCUT2D eigenvalue weighted by Gasteiger charge is 2.11. The Bertz CT molecular complexity index is 926. The molecule has 132 valence electrons. The van der Waals surface area contributed by atoms with Crippen molar-refractivity contribution < 1.29 is 18.7 Å². The molecular weight excluding hydrogens is 350 g/mol. The number of carbonyl (C=O) groups is 1. The Hall–Kier alpha value is -2.96. The van der Waals surface area contributed by atoms with E-state index in [0.717, 1.165) is 11.1 Å². The molecule has 1 N–H and O–H groups in total. The van der Waals surface area contributed by atoms with Crippen molar-refractivity contribution in [1.82, 2.24) is 0 Å². The minimum atomic E-state index is -2.49. The molecule has 3 rings (SSSR count). The van der Waals surface area contributed by atoms with Gasteiger partial charge in [0.2, 0.25) is 0 Å². The Morgan fingerprint density at radius 3 is 2.19 bits per heavy atom.